The van der Waals surface area contributed by atoms with Crippen LogP contribution in [0.25, 0.3) is 0 Å². The van der Waals surface area contributed by atoms with E-state index in [0.29, 0.717) is 0 Å². The van der Waals surface area contributed by atoms with Crippen molar-refractivity contribution in [3.8, 4) is 0 Å². The molecule has 0 heterocycles. The fraction of sp³-hybridized carbons (Fsp3) is 0.750. The zero-order valence-corrected chi connectivity index (χ0v) is 6.82. The fourth-order valence-corrected chi connectivity index (χ4v) is 0.710. The molecule has 0 aromatic rings. The molecule has 60 valence electrons. The molecule has 0 rings (SSSR count). The molecule has 2 N–H and O–H groups in total. The number of unbranched alkanes of at least 4 members (excludes halogenated alkanes) is 1. The molecule has 0 fully saturated rings. The van der Waals surface area contributed by atoms with Crippen molar-refractivity contribution in [2.24, 2.45) is 0 Å². The molecular weight excluding hydrogens is 124 g/mol. The fourth-order valence-electron chi connectivity index (χ4n) is 0.710. The molecule has 0 radical (unpaired) electrons. The van der Waals surface area contributed by atoms with E-state index < -0.39 is 0 Å². The van der Waals surface area contributed by atoms with Crippen LogP contribution in [0.1, 0.15) is 12.8 Å². The number of hydrogen-bond acceptors (Lipinski definition) is 2. The van der Waals surface area contributed by atoms with Gasteiger partial charge in [0.25, 0.3) is 0 Å². The molecule has 10 heavy (non-hydrogen) atoms. The Morgan fingerprint density at radius 1 is 1.30 bits per heavy atom. The predicted molar refractivity (Wildman–Crippen MR) is 46.2 cm³/mol. The highest BCUT2D eigenvalue weighted by atomic mass is 14.9. The Hall–Kier alpha value is -0.340. The van der Waals surface area contributed by atoms with E-state index in [1.807, 2.05) is 13.1 Å². The van der Waals surface area contributed by atoms with Crippen LogP contribution in [-0.2, 0) is 0 Å². The molecule has 2 heteroatoms. The van der Waals surface area contributed by atoms with Crippen molar-refractivity contribution < 1.29 is 0 Å². The summed E-state index contributed by atoms with van der Waals surface area (Å²) in [6, 6.07) is 0. The first-order valence-corrected chi connectivity index (χ1v) is 3.88. The Morgan fingerprint density at radius 2 is 2.10 bits per heavy atom. The second-order valence-corrected chi connectivity index (χ2v) is 2.28. The highest BCUT2D eigenvalue weighted by Crippen LogP contribution is 1.84. The van der Waals surface area contributed by atoms with Gasteiger partial charge in [0.2, 0.25) is 0 Å². The molecule has 0 saturated carbocycles. The van der Waals surface area contributed by atoms with E-state index in [0.717, 1.165) is 26.1 Å². The molecule has 0 amide bonds. The highest BCUT2D eigenvalue weighted by molar-refractivity contribution is 4.66. The van der Waals surface area contributed by atoms with Crippen LogP contribution in [0.3, 0.4) is 0 Å². The molecule has 0 aromatic carbocycles. The quantitative estimate of drug-likeness (QED) is 0.405. The molecule has 0 bridgehead atoms. The lowest BCUT2D eigenvalue weighted by Gasteiger charge is -2.01. The number of hydrogen-bond donors (Lipinski definition) is 2. The van der Waals surface area contributed by atoms with Crippen molar-refractivity contribution in [2.75, 3.05) is 26.7 Å². The average molecular weight is 142 g/mol. The third kappa shape index (κ3) is 7.66. The maximum atomic E-state index is 3.65. The third-order valence-corrected chi connectivity index (χ3v) is 1.31. The minimum atomic E-state index is 1.05. The molecule has 0 aliphatic rings. The maximum Gasteiger partial charge on any atom is 0.00766 e. The molecule has 0 saturated heterocycles. The van der Waals surface area contributed by atoms with E-state index in [1.165, 1.54) is 6.42 Å². The molecule has 0 aliphatic heterocycles. The molecule has 0 atom stereocenters. The zero-order valence-electron chi connectivity index (χ0n) is 6.82. The maximum absolute atomic E-state index is 3.65. The van der Waals surface area contributed by atoms with E-state index in [4.69, 9.17) is 0 Å². The Bertz CT molecular complexity index is 71.7. The molecular formula is C8H18N2. The SMILES string of the molecule is C=CCCCNCCNC. The molecule has 2 nitrogen and oxygen atoms in total. The first-order chi connectivity index (χ1) is 4.91. The van der Waals surface area contributed by atoms with Crippen LogP contribution in [0.5, 0.6) is 0 Å². The summed E-state index contributed by atoms with van der Waals surface area (Å²) in [5.41, 5.74) is 0. The second-order valence-electron chi connectivity index (χ2n) is 2.28. The normalized spacial score (nSPS) is 9.70. The first-order valence-electron chi connectivity index (χ1n) is 3.88. The topological polar surface area (TPSA) is 24.1 Å². The zero-order chi connectivity index (χ0) is 7.66. The van der Waals surface area contributed by atoms with Gasteiger partial charge in [-0.15, -0.1) is 6.58 Å². The average Bonchev–Trinajstić information content (AvgIpc) is 1.97. The van der Waals surface area contributed by atoms with Gasteiger partial charge < -0.3 is 10.6 Å². The van der Waals surface area contributed by atoms with Crippen LogP contribution in [-0.4, -0.2) is 26.7 Å². The summed E-state index contributed by atoms with van der Waals surface area (Å²) >= 11 is 0. The molecule has 0 unspecified atom stereocenters. The minimum Gasteiger partial charge on any atom is -0.318 e. The van der Waals surface area contributed by atoms with E-state index in [1.54, 1.807) is 0 Å². The van der Waals surface area contributed by atoms with E-state index >= 15 is 0 Å². The monoisotopic (exact) mass is 142 g/mol. The van der Waals surface area contributed by atoms with E-state index in [-0.39, 0.29) is 0 Å². The van der Waals surface area contributed by atoms with Crippen LogP contribution >= 0.6 is 0 Å². The van der Waals surface area contributed by atoms with Gasteiger partial charge in [-0.2, -0.15) is 0 Å². The number of rotatable bonds is 7. The van der Waals surface area contributed by atoms with Crippen LogP contribution in [0.4, 0.5) is 0 Å². The largest absolute Gasteiger partial charge is 0.318 e. The Morgan fingerprint density at radius 3 is 2.70 bits per heavy atom. The van der Waals surface area contributed by atoms with Crippen molar-refractivity contribution in [3.63, 3.8) is 0 Å². The predicted octanol–water partition coefficient (Wildman–Crippen LogP) is 0.762. The summed E-state index contributed by atoms with van der Waals surface area (Å²) in [7, 11) is 1.96. The van der Waals surface area contributed by atoms with Gasteiger partial charge in [-0.3, -0.25) is 0 Å². The van der Waals surface area contributed by atoms with Gasteiger partial charge >= 0.3 is 0 Å². The minimum absolute atomic E-state index is 1.05. The molecule has 0 aliphatic carbocycles. The van der Waals surface area contributed by atoms with Gasteiger partial charge in [0.15, 0.2) is 0 Å². The number of allylic oxidation sites excluding steroid dienone is 1. The Balaban J connectivity index is 2.70. The van der Waals surface area contributed by atoms with E-state index in [2.05, 4.69) is 17.2 Å². The summed E-state index contributed by atoms with van der Waals surface area (Å²) in [5.74, 6) is 0. The van der Waals surface area contributed by atoms with Crippen LogP contribution in [0.2, 0.25) is 0 Å². The Labute approximate surface area is 63.7 Å². The summed E-state index contributed by atoms with van der Waals surface area (Å²) in [5, 5.41) is 6.39. The smallest absolute Gasteiger partial charge is 0.00766 e. The summed E-state index contributed by atoms with van der Waals surface area (Å²) < 4.78 is 0. The van der Waals surface area contributed by atoms with Gasteiger partial charge in [0.1, 0.15) is 0 Å². The van der Waals surface area contributed by atoms with Crippen molar-refractivity contribution in [1.29, 1.82) is 0 Å². The van der Waals surface area contributed by atoms with Crippen molar-refractivity contribution in [2.45, 2.75) is 12.8 Å². The Kier molecular flexibility index (Phi) is 8.37. The lowest BCUT2D eigenvalue weighted by molar-refractivity contribution is 0.629. The van der Waals surface area contributed by atoms with Crippen LogP contribution in [0, 0.1) is 0 Å². The summed E-state index contributed by atoms with van der Waals surface area (Å²) in [4.78, 5) is 0. The molecule has 0 aromatic heterocycles. The van der Waals surface area contributed by atoms with Crippen LogP contribution in [0.15, 0.2) is 12.7 Å². The summed E-state index contributed by atoms with van der Waals surface area (Å²) in [6.45, 7) is 6.87. The lowest BCUT2D eigenvalue weighted by atomic mass is 10.3. The van der Waals surface area contributed by atoms with Crippen molar-refractivity contribution >= 4 is 0 Å². The highest BCUT2D eigenvalue weighted by Gasteiger charge is 1.83. The van der Waals surface area contributed by atoms with Gasteiger partial charge in [-0.25, -0.2) is 0 Å². The first kappa shape index (κ1) is 9.66. The van der Waals surface area contributed by atoms with E-state index in [9.17, 15) is 0 Å². The van der Waals surface area contributed by atoms with Crippen molar-refractivity contribution in [3.05, 3.63) is 12.7 Å². The summed E-state index contributed by atoms with van der Waals surface area (Å²) in [6.07, 6.45) is 4.28. The van der Waals surface area contributed by atoms with Gasteiger partial charge in [-0.05, 0) is 26.4 Å². The van der Waals surface area contributed by atoms with Gasteiger partial charge in [-0.1, -0.05) is 6.08 Å². The standard InChI is InChI=1S/C8H18N2/c1-3-4-5-6-10-8-7-9-2/h3,9-10H,1,4-8H2,2H3. The molecule has 0 spiro atoms. The third-order valence-electron chi connectivity index (χ3n) is 1.31. The van der Waals surface area contributed by atoms with Crippen LogP contribution < -0.4 is 10.6 Å². The number of likely N-dealkylation sites (N-methyl/N-ethyl adjacent to an activating group) is 1. The van der Waals surface area contributed by atoms with Gasteiger partial charge in [0, 0.05) is 13.1 Å². The number of nitrogens with one attached hydrogen (secondary N) is 2. The second kappa shape index (κ2) is 8.66. The van der Waals surface area contributed by atoms with Crippen molar-refractivity contribution in [1.82, 2.24) is 10.6 Å². The van der Waals surface area contributed by atoms with Gasteiger partial charge in [0.05, 0.1) is 0 Å². The lowest BCUT2D eigenvalue weighted by Crippen LogP contribution is -2.25.